The van der Waals surface area contributed by atoms with E-state index in [1.165, 1.54) is 4.68 Å². The molecule has 1 aromatic heterocycles. The van der Waals surface area contributed by atoms with Gasteiger partial charge in [-0.15, -0.1) is 6.42 Å². The van der Waals surface area contributed by atoms with Gasteiger partial charge in [-0.2, -0.15) is 9.78 Å². The predicted molar refractivity (Wildman–Crippen MR) is 116 cm³/mol. The molecule has 1 heterocycles. The minimum atomic E-state index is -0.217. The van der Waals surface area contributed by atoms with Crippen molar-refractivity contribution >= 4 is 44.6 Å². The fourth-order valence-electron chi connectivity index (χ4n) is 2.66. The Labute approximate surface area is 176 Å². The molecule has 0 atom stereocenters. The molecule has 28 heavy (non-hydrogen) atoms. The lowest BCUT2D eigenvalue weighted by atomic mass is 10.2. The molecule has 2 aromatic carbocycles. The monoisotopic (exact) mass is 457 g/mol. The Morgan fingerprint density at radius 2 is 2.18 bits per heavy atom. The zero-order valence-electron chi connectivity index (χ0n) is 15.2. The van der Waals surface area contributed by atoms with E-state index in [1.54, 1.807) is 30.5 Å². The molecule has 0 aliphatic carbocycles. The molecule has 0 bridgehead atoms. The Balaban J connectivity index is 2.02. The number of hydrogen-bond donors (Lipinski definition) is 0. The molecule has 0 radical (unpaired) electrons. The number of nitrogens with zero attached hydrogens (tertiary/aromatic N) is 3. The van der Waals surface area contributed by atoms with Crippen molar-refractivity contribution in [2.75, 3.05) is 6.61 Å². The van der Waals surface area contributed by atoms with Crippen LogP contribution in [-0.4, -0.2) is 22.5 Å². The van der Waals surface area contributed by atoms with Gasteiger partial charge in [0.2, 0.25) is 0 Å². The average molecular weight is 459 g/mol. The number of terminal acetylenes is 1. The number of rotatable bonds is 6. The maximum absolute atomic E-state index is 13.0. The minimum Gasteiger partial charge on any atom is -0.479 e. The van der Waals surface area contributed by atoms with Gasteiger partial charge >= 0.3 is 0 Å². The second-order valence-electron chi connectivity index (χ2n) is 5.98. The molecule has 0 N–H and O–H groups in total. The van der Waals surface area contributed by atoms with Crippen LogP contribution in [0.3, 0.4) is 0 Å². The van der Waals surface area contributed by atoms with Crippen molar-refractivity contribution < 1.29 is 4.74 Å². The van der Waals surface area contributed by atoms with Gasteiger partial charge in [-0.1, -0.05) is 40.4 Å². The zero-order valence-corrected chi connectivity index (χ0v) is 17.5. The second kappa shape index (κ2) is 9.05. The van der Waals surface area contributed by atoms with Gasteiger partial charge in [0.05, 0.1) is 22.1 Å². The summed E-state index contributed by atoms with van der Waals surface area (Å²) in [5.41, 5.74) is 1.16. The highest BCUT2D eigenvalue weighted by atomic mass is 79.9. The van der Waals surface area contributed by atoms with Gasteiger partial charge in [0, 0.05) is 10.9 Å². The Morgan fingerprint density at radius 3 is 2.89 bits per heavy atom. The van der Waals surface area contributed by atoms with Crippen LogP contribution in [0.4, 0.5) is 0 Å². The summed E-state index contributed by atoms with van der Waals surface area (Å²) in [5.74, 6) is 3.50. The Bertz CT molecular complexity index is 1150. The van der Waals surface area contributed by atoms with Crippen LogP contribution in [0, 0.1) is 12.3 Å². The van der Waals surface area contributed by atoms with Crippen LogP contribution in [0.2, 0.25) is 5.02 Å². The highest BCUT2D eigenvalue weighted by Gasteiger charge is 2.10. The summed E-state index contributed by atoms with van der Waals surface area (Å²) < 4.78 is 7.51. The van der Waals surface area contributed by atoms with E-state index in [0.717, 1.165) is 16.5 Å². The third-order valence-electron chi connectivity index (χ3n) is 3.94. The summed E-state index contributed by atoms with van der Waals surface area (Å²) in [5, 5.41) is 5.30. The molecule has 0 fully saturated rings. The van der Waals surface area contributed by atoms with Crippen LogP contribution in [-0.2, 0) is 6.42 Å². The molecule has 7 heteroatoms. The zero-order chi connectivity index (χ0) is 20.1. The highest BCUT2D eigenvalue weighted by Crippen LogP contribution is 2.25. The fourth-order valence-corrected chi connectivity index (χ4v) is 3.26. The number of benzene rings is 2. The Kier molecular flexibility index (Phi) is 6.50. The van der Waals surface area contributed by atoms with E-state index in [1.807, 2.05) is 19.1 Å². The largest absolute Gasteiger partial charge is 0.479 e. The molecule has 0 unspecified atom stereocenters. The third-order valence-corrected chi connectivity index (χ3v) is 4.73. The molecular weight excluding hydrogens is 442 g/mol. The van der Waals surface area contributed by atoms with E-state index in [0.29, 0.717) is 33.9 Å². The maximum atomic E-state index is 13.0. The van der Waals surface area contributed by atoms with E-state index >= 15 is 0 Å². The highest BCUT2D eigenvalue weighted by molar-refractivity contribution is 9.10. The van der Waals surface area contributed by atoms with Crippen molar-refractivity contribution in [3.8, 4) is 18.1 Å². The standard InChI is InChI=1S/C21H17BrClN3O2/c1-3-5-20-25-18-8-7-15(22)12-16(18)21(27)26(20)24-13-14-6-9-19(17(23)11-14)28-10-4-2/h2,6-9,11-13H,3,5,10H2,1H3. The average Bonchev–Trinajstić information content (AvgIpc) is 2.68. The van der Waals surface area contributed by atoms with Crippen LogP contribution >= 0.6 is 27.5 Å². The lowest BCUT2D eigenvalue weighted by Gasteiger charge is -2.09. The van der Waals surface area contributed by atoms with E-state index in [9.17, 15) is 4.79 Å². The maximum Gasteiger partial charge on any atom is 0.282 e. The minimum absolute atomic E-state index is 0.140. The van der Waals surface area contributed by atoms with Crippen molar-refractivity contribution in [1.82, 2.24) is 9.66 Å². The van der Waals surface area contributed by atoms with E-state index in [2.05, 4.69) is 31.9 Å². The molecule has 0 aliphatic heterocycles. The van der Waals surface area contributed by atoms with Crippen molar-refractivity contribution in [1.29, 1.82) is 0 Å². The topological polar surface area (TPSA) is 56.5 Å². The van der Waals surface area contributed by atoms with Crippen molar-refractivity contribution in [3.05, 3.63) is 67.6 Å². The van der Waals surface area contributed by atoms with Crippen LogP contribution in [0.5, 0.6) is 5.75 Å². The van der Waals surface area contributed by atoms with Gasteiger partial charge in [0.1, 0.15) is 18.2 Å². The van der Waals surface area contributed by atoms with Gasteiger partial charge in [0.25, 0.3) is 5.56 Å². The first-order valence-corrected chi connectivity index (χ1v) is 9.82. The van der Waals surface area contributed by atoms with Crippen LogP contribution in [0.1, 0.15) is 24.7 Å². The molecule has 0 amide bonds. The molecule has 3 rings (SSSR count). The number of aromatic nitrogens is 2. The lowest BCUT2D eigenvalue weighted by Crippen LogP contribution is -2.22. The van der Waals surface area contributed by atoms with Crippen molar-refractivity contribution in [3.63, 3.8) is 0 Å². The number of halogens is 2. The normalized spacial score (nSPS) is 11.1. The number of hydrogen-bond acceptors (Lipinski definition) is 4. The van der Waals surface area contributed by atoms with E-state index in [4.69, 9.17) is 22.8 Å². The Morgan fingerprint density at radius 1 is 1.36 bits per heavy atom. The van der Waals surface area contributed by atoms with Gasteiger partial charge in [0.15, 0.2) is 0 Å². The van der Waals surface area contributed by atoms with Crippen LogP contribution < -0.4 is 10.3 Å². The first kappa shape index (κ1) is 20.1. The Hall–Kier alpha value is -2.62. The van der Waals surface area contributed by atoms with Gasteiger partial charge in [-0.25, -0.2) is 4.98 Å². The second-order valence-corrected chi connectivity index (χ2v) is 7.31. The third kappa shape index (κ3) is 4.44. The summed E-state index contributed by atoms with van der Waals surface area (Å²) >= 11 is 9.61. The first-order valence-electron chi connectivity index (χ1n) is 8.65. The molecule has 142 valence electrons. The van der Waals surface area contributed by atoms with Crippen molar-refractivity contribution in [2.45, 2.75) is 19.8 Å². The lowest BCUT2D eigenvalue weighted by molar-refractivity contribution is 0.370. The molecule has 0 saturated carbocycles. The van der Waals surface area contributed by atoms with E-state index in [-0.39, 0.29) is 12.2 Å². The van der Waals surface area contributed by atoms with Crippen LogP contribution in [0.15, 0.2) is 50.8 Å². The molecule has 0 spiro atoms. The first-order chi connectivity index (χ1) is 13.5. The molecule has 3 aromatic rings. The van der Waals surface area contributed by atoms with Crippen molar-refractivity contribution in [2.24, 2.45) is 5.10 Å². The summed E-state index contributed by atoms with van der Waals surface area (Å²) in [6.45, 7) is 2.17. The summed E-state index contributed by atoms with van der Waals surface area (Å²) in [6.07, 6.45) is 8.24. The molecule has 0 saturated heterocycles. The number of fused-ring (bicyclic) bond motifs is 1. The quantitative estimate of drug-likeness (QED) is 0.399. The molecule has 0 aliphatic rings. The van der Waals surface area contributed by atoms with Gasteiger partial charge in [-0.05, 0) is 48.4 Å². The summed E-state index contributed by atoms with van der Waals surface area (Å²) in [6, 6.07) is 10.6. The summed E-state index contributed by atoms with van der Waals surface area (Å²) in [7, 11) is 0. The SMILES string of the molecule is C#CCOc1ccc(C=Nn2c(CCC)nc3ccc(Br)cc3c2=O)cc1Cl. The summed E-state index contributed by atoms with van der Waals surface area (Å²) in [4.78, 5) is 17.6. The number of aryl methyl sites for hydroxylation is 1. The van der Waals surface area contributed by atoms with Crippen LogP contribution in [0.25, 0.3) is 10.9 Å². The van der Waals surface area contributed by atoms with Gasteiger partial charge < -0.3 is 4.74 Å². The predicted octanol–water partition coefficient (Wildman–Crippen LogP) is 4.66. The van der Waals surface area contributed by atoms with E-state index < -0.39 is 0 Å². The van der Waals surface area contributed by atoms with Gasteiger partial charge in [-0.3, -0.25) is 4.79 Å². The molecule has 5 nitrogen and oxygen atoms in total. The molecular formula is C21H17BrClN3O2. The number of ether oxygens (including phenoxy) is 1. The smallest absolute Gasteiger partial charge is 0.282 e. The fraction of sp³-hybridized carbons (Fsp3) is 0.190.